The number of hydrogen-bond acceptors (Lipinski definition) is 3. The second kappa shape index (κ2) is 6.41. The summed E-state index contributed by atoms with van der Waals surface area (Å²) in [7, 11) is 1.79. The molecule has 0 aromatic rings. The minimum Gasteiger partial charge on any atom is -0.354 e. The van der Waals surface area contributed by atoms with Gasteiger partial charge >= 0.3 is 0 Å². The van der Waals surface area contributed by atoms with Gasteiger partial charge in [-0.05, 0) is 26.8 Å². The first-order valence-corrected chi connectivity index (χ1v) is 5.29. The number of carbonyl (C=O) groups is 1. The summed E-state index contributed by atoms with van der Waals surface area (Å²) in [4.78, 5) is 13.4. The second-order valence-corrected chi connectivity index (χ2v) is 4.29. The summed E-state index contributed by atoms with van der Waals surface area (Å²) in [5.41, 5.74) is 0. The molecule has 0 saturated heterocycles. The molecule has 4 heteroatoms. The SMILES string of the molecule is CC(C)CNC(=O)C(C)N(C)C(C)C#N. The molecule has 0 aromatic heterocycles. The summed E-state index contributed by atoms with van der Waals surface area (Å²) < 4.78 is 0. The Labute approximate surface area is 92.3 Å². The van der Waals surface area contributed by atoms with Gasteiger partial charge in [-0.15, -0.1) is 0 Å². The summed E-state index contributed by atoms with van der Waals surface area (Å²) in [6.07, 6.45) is 0. The third kappa shape index (κ3) is 4.80. The van der Waals surface area contributed by atoms with Gasteiger partial charge in [0.25, 0.3) is 0 Å². The lowest BCUT2D eigenvalue weighted by molar-refractivity contribution is -0.125. The Kier molecular flexibility index (Phi) is 5.95. The minimum absolute atomic E-state index is 0.0201. The molecule has 1 amide bonds. The smallest absolute Gasteiger partial charge is 0.237 e. The number of likely N-dealkylation sites (N-methyl/N-ethyl adjacent to an activating group) is 1. The van der Waals surface area contributed by atoms with Crippen molar-refractivity contribution in [1.82, 2.24) is 10.2 Å². The highest BCUT2D eigenvalue weighted by atomic mass is 16.2. The maximum absolute atomic E-state index is 11.6. The molecule has 0 bridgehead atoms. The van der Waals surface area contributed by atoms with Crippen LogP contribution in [-0.2, 0) is 4.79 Å². The molecular weight excluding hydrogens is 190 g/mol. The lowest BCUT2D eigenvalue weighted by Gasteiger charge is -2.25. The molecule has 1 N–H and O–H groups in total. The molecule has 0 radical (unpaired) electrons. The summed E-state index contributed by atoms with van der Waals surface area (Å²) in [6, 6.07) is 1.60. The zero-order valence-electron chi connectivity index (χ0n) is 10.2. The van der Waals surface area contributed by atoms with Crippen molar-refractivity contribution in [3.8, 4) is 6.07 Å². The van der Waals surface area contributed by atoms with Crippen LogP contribution < -0.4 is 5.32 Å². The fraction of sp³-hybridized carbons (Fsp3) is 0.818. The van der Waals surface area contributed by atoms with Gasteiger partial charge in [-0.1, -0.05) is 13.8 Å². The van der Waals surface area contributed by atoms with Crippen molar-refractivity contribution in [2.45, 2.75) is 39.8 Å². The standard InChI is InChI=1S/C11H21N3O/c1-8(2)7-13-11(15)10(4)14(5)9(3)6-12/h8-10H,7H2,1-5H3,(H,13,15). The molecule has 0 aliphatic carbocycles. The van der Waals surface area contributed by atoms with Crippen LogP contribution in [0.15, 0.2) is 0 Å². The molecule has 0 heterocycles. The van der Waals surface area contributed by atoms with E-state index in [0.717, 1.165) is 0 Å². The predicted octanol–water partition coefficient (Wildman–Crippen LogP) is 0.991. The van der Waals surface area contributed by atoms with Crippen LogP contribution >= 0.6 is 0 Å². The molecule has 0 aliphatic rings. The lowest BCUT2D eigenvalue weighted by atomic mass is 10.2. The van der Waals surface area contributed by atoms with Crippen LogP contribution in [0.4, 0.5) is 0 Å². The van der Waals surface area contributed by atoms with Gasteiger partial charge < -0.3 is 5.32 Å². The zero-order valence-corrected chi connectivity index (χ0v) is 10.2. The van der Waals surface area contributed by atoms with Crippen molar-refractivity contribution >= 4 is 5.91 Å². The quantitative estimate of drug-likeness (QED) is 0.738. The van der Waals surface area contributed by atoms with E-state index in [1.807, 2.05) is 20.8 Å². The van der Waals surface area contributed by atoms with Crippen LogP contribution in [0.2, 0.25) is 0 Å². The molecule has 2 unspecified atom stereocenters. The summed E-state index contributed by atoms with van der Waals surface area (Å²) in [5.74, 6) is 0.424. The van der Waals surface area contributed by atoms with Gasteiger partial charge in [0.15, 0.2) is 0 Å². The van der Waals surface area contributed by atoms with Crippen LogP contribution in [-0.4, -0.2) is 36.5 Å². The van der Waals surface area contributed by atoms with Gasteiger partial charge in [0.2, 0.25) is 5.91 Å². The molecule has 0 fully saturated rings. The van der Waals surface area contributed by atoms with Crippen molar-refractivity contribution in [2.75, 3.05) is 13.6 Å². The monoisotopic (exact) mass is 211 g/mol. The normalized spacial score (nSPS) is 14.8. The number of nitrogens with one attached hydrogen (secondary N) is 1. The Balaban J connectivity index is 4.15. The van der Waals surface area contributed by atoms with Crippen LogP contribution in [0.25, 0.3) is 0 Å². The molecule has 2 atom stereocenters. The van der Waals surface area contributed by atoms with Crippen LogP contribution in [0, 0.1) is 17.2 Å². The second-order valence-electron chi connectivity index (χ2n) is 4.29. The number of nitrogens with zero attached hydrogens (tertiary/aromatic N) is 2. The van der Waals surface area contributed by atoms with E-state index in [1.54, 1.807) is 18.9 Å². The van der Waals surface area contributed by atoms with Crippen LogP contribution in [0.5, 0.6) is 0 Å². The van der Waals surface area contributed by atoms with Crippen molar-refractivity contribution in [1.29, 1.82) is 5.26 Å². The molecule has 15 heavy (non-hydrogen) atoms. The van der Waals surface area contributed by atoms with Crippen molar-refractivity contribution < 1.29 is 4.79 Å². The van der Waals surface area contributed by atoms with Gasteiger partial charge in [-0.25, -0.2) is 0 Å². The minimum atomic E-state index is -0.265. The Bertz CT molecular complexity index is 245. The highest BCUT2D eigenvalue weighted by Gasteiger charge is 2.21. The van der Waals surface area contributed by atoms with E-state index >= 15 is 0 Å². The van der Waals surface area contributed by atoms with E-state index < -0.39 is 0 Å². The maximum Gasteiger partial charge on any atom is 0.237 e. The Hall–Kier alpha value is -1.08. The molecule has 86 valence electrons. The number of nitriles is 1. The van der Waals surface area contributed by atoms with E-state index in [-0.39, 0.29) is 18.0 Å². The van der Waals surface area contributed by atoms with Crippen LogP contribution in [0.3, 0.4) is 0 Å². The molecule has 0 aliphatic heterocycles. The average molecular weight is 211 g/mol. The highest BCUT2D eigenvalue weighted by Crippen LogP contribution is 2.01. The fourth-order valence-corrected chi connectivity index (χ4v) is 1.06. The van der Waals surface area contributed by atoms with E-state index in [9.17, 15) is 4.79 Å². The van der Waals surface area contributed by atoms with E-state index in [2.05, 4.69) is 11.4 Å². The first-order chi connectivity index (χ1) is 6.90. The van der Waals surface area contributed by atoms with Crippen molar-refractivity contribution in [3.05, 3.63) is 0 Å². The van der Waals surface area contributed by atoms with Gasteiger partial charge in [-0.3, -0.25) is 9.69 Å². The van der Waals surface area contributed by atoms with Crippen molar-refractivity contribution in [2.24, 2.45) is 5.92 Å². The Morgan fingerprint density at radius 1 is 1.40 bits per heavy atom. The molecular formula is C11H21N3O. The Morgan fingerprint density at radius 2 is 1.93 bits per heavy atom. The first kappa shape index (κ1) is 13.9. The predicted molar refractivity (Wildman–Crippen MR) is 60.1 cm³/mol. The number of amides is 1. The van der Waals surface area contributed by atoms with E-state index in [4.69, 9.17) is 5.26 Å². The van der Waals surface area contributed by atoms with Gasteiger partial charge in [0.1, 0.15) is 0 Å². The first-order valence-electron chi connectivity index (χ1n) is 5.29. The zero-order chi connectivity index (χ0) is 12.0. The fourth-order valence-electron chi connectivity index (χ4n) is 1.06. The molecule has 0 rings (SSSR count). The van der Waals surface area contributed by atoms with Crippen LogP contribution in [0.1, 0.15) is 27.7 Å². The summed E-state index contributed by atoms with van der Waals surface area (Å²) >= 11 is 0. The number of hydrogen-bond donors (Lipinski definition) is 1. The largest absolute Gasteiger partial charge is 0.354 e. The van der Waals surface area contributed by atoms with Gasteiger partial charge in [-0.2, -0.15) is 5.26 Å². The van der Waals surface area contributed by atoms with E-state index in [1.165, 1.54) is 0 Å². The summed E-state index contributed by atoms with van der Waals surface area (Å²) in [5, 5.41) is 11.6. The third-order valence-corrected chi connectivity index (χ3v) is 2.47. The number of carbonyl (C=O) groups excluding carboxylic acids is 1. The lowest BCUT2D eigenvalue weighted by Crippen LogP contribution is -2.47. The van der Waals surface area contributed by atoms with Crippen molar-refractivity contribution in [3.63, 3.8) is 0 Å². The molecule has 0 saturated carbocycles. The molecule has 0 spiro atoms. The van der Waals surface area contributed by atoms with E-state index in [0.29, 0.717) is 12.5 Å². The molecule has 0 aromatic carbocycles. The average Bonchev–Trinajstić information content (AvgIpc) is 2.22. The van der Waals surface area contributed by atoms with Gasteiger partial charge in [0, 0.05) is 6.54 Å². The summed E-state index contributed by atoms with van der Waals surface area (Å²) in [6.45, 7) is 8.37. The topological polar surface area (TPSA) is 56.1 Å². The maximum atomic E-state index is 11.6. The third-order valence-electron chi connectivity index (χ3n) is 2.47. The number of rotatable bonds is 5. The molecule has 4 nitrogen and oxygen atoms in total. The Morgan fingerprint density at radius 3 is 2.33 bits per heavy atom. The highest BCUT2D eigenvalue weighted by molar-refractivity contribution is 5.81. The van der Waals surface area contributed by atoms with Gasteiger partial charge in [0.05, 0.1) is 18.2 Å².